The van der Waals surface area contributed by atoms with Crippen LogP contribution in [0.5, 0.6) is 0 Å². The van der Waals surface area contributed by atoms with E-state index >= 15 is 0 Å². The zero-order valence-corrected chi connectivity index (χ0v) is 29.3. The van der Waals surface area contributed by atoms with Gasteiger partial charge in [-0.05, 0) is 46.5 Å². The van der Waals surface area contributed by atoms with Crippen LogP contribution in [0.2, 0.25) is 0 Å². The zero-order chi connectivity index (χ0) is 35.9. The minimum Gasteiger partial charge on any atom is -0.618 e. The number of fused-ring (bicyclic) bond motifs is 8. The van der Waals surface area contributed by atoms with Crippen molar-refractivity contribution in [1.82, 2.24) is 15.0 Å². The van der Waals surface area contributed by atoms with Gasteiger partial charge in [-0.15, -0.1) is 0 Å². The minimum absolute atomic E-state index is 0.522. The first-order valence-corrected chi connectivity index (χ1v) is 17.7. The van der Waals surface area contributed by atoms with E-state index in [-0.39, 0.29) is 0 Å². The summed E-state index contributed by atoms with van der Waals surface area (Å²) in [6, 6.07) is 48.7. The molecule has 0 aliphatic carbocycles. The topological polar surface area (TPSA) is 89.9 Å². The van der Waals surface area contributed by atoms with Crippen LogP contribution in [0, 0.1) is 5.21 Å². The van der Waals surface area contributed by atoms with E-state index in [2.05, 4.69) is 46.4 Å². The molecule has 7 aromatic rings. The molecule has 0 amide bonds. The highest BCUT2D eigenvalue weighted by Crippen LogP contribution is 2.47. The van der Waals surface area contributed by atoms with Crippen molar-refractivity contribution in [2.75, 3.05) is 14.2 Å². The number of hydrogen-bond donors (Lipinski definition) is 2. The lowest BCUT2D eigenvalue weighted by atomic mass is 9.97. The Kier molecular flexibility index (Phi) is 8.27. The van der Waals surface area contributed by atoms with Gasteiger partial charge in [0.05, 0.1) is 33.5 Å². The molecule has 8 bridgehead atoms. The van der Waals surface area contributed by atoms with Crippen molar-refractivity contribution in [3.8, 4) is 44.5 Å². The monoisotopic (exact) mass is 692 g/mol. The van der Waals surface area contributed by atoms with E-state index < -0.39 is 12.2 Å². The van der Waals surface area contributed by atoms with E-state index in [4.69, 9.17) is 14.5 Å². The molecule has 7 heteroatoms. The summed E-state index contributed by atoms with van der Waals surface area (Å²) < 4.78 is 13.7. The van der Waals surface area contributed by atoms with Gasteiger partial charge in [-0.25, -0.2) is 0 Å². The molecule has 7 nitrogen and oxygen atoms in total. The smallest absolute Gasteiger partial charge is 0.227 e. The van der Waals surface area contributed by atoms with Crippen molar-refractivity contribution in [2.24, 2.45) is 0 Å². The first-order chi connectivity index (χ1) is 26.1. The van der Waals surface area contributed by atoms with E-state index in [0.717, 1.165) is 82.7 Å². The van der Waals surface area contributed by atoms with Gasteiger partial charge in [0.1, 0.15) is 12.2 Å². The van der Waals surface area contributed by atoms with Gasteiger partial charge in [0, 0.05) is 48.5 Å². The number of hydrogen-bond acceptors (Lipinski definition) is 4. The summed E-state index contributed by atoms with van der Waals surface area (Å²) in [6.07, 6.45) is 2.80. The quantitative estimate of drug-likeness (QED) is 0.134. The lowest BCUT2D eigenvalue weighted by Gasteiger charge is -2.20. The van der Waals surface area contributed by atoms with E-state index in [1.807, 2.05) is 121 Å². The Morgan fingerprint density at radius 1 is 0.453 bits per heavy atom. The molecule has 53 heavy (non-hydrogen) atoms. The predicted molar refractivity (Wildman–Crippen MR) is 212 cm³/mol. The number of aromatic amines is 2. The number of benzene rings is 4. The highest BCUT2D eigenvalue weighted by atomic mass is 16.5. The maximum Gasteiger partial charge on any atom is 0.227 e. The number of rotatable bonds is 6. The lowest BCUT2D eigenvalue weighted by Crippen LogP contribution is -2.31. The van der Waals surface area contributed by atoms with Crippen LogP contribution in [-0.2, 0) is 9.47 Å². The third kappa shape index (κ3) is 5.54. The second-order valence-electron chi connectivity index (χ2n) is 13.1. The van der Waals surface area contributed by atoms with Crippen LogP contribution in [0.25, 0.3) is 78.7 Å². The summed E-state index contributed by atoms with van der Waals surface area (Å²) >= 11 is 0. The molecule has 2 N–H and O–H groups in total. The van der Waals surface area contributed by atoms with Crippen molar-refractivity contribution < 1.29 is 14.2 Å². The zero-order valence-electron chi connectivity index (χ0n) is 29.3. The Labute approximate surface area is 307 Å². The van der Waals surface area contributed by atoms with Crippen LogP contribution in [0.3, 0.4) is 0 Å². The third-order valence-corrected chi connectivity index (χ3v) is 10.1. The first kappa shape index (κ1) is 32.4. The first-order valence-electron chi connectivity index (χ1n) is 17.7. The Hall–Kier alpha value is -6.54. The summed E-state index contributed by atoms with van der Waals surface area (Å²) in [5.41, 5.74) is 13.0. The third-order valence-electron chi connectivity index (χ3n) is 10.1. The van der Waals surface area contributed by atoms with Gasteiger partial charge in [-0.1, -0.05) is 121 Å². The number of methoxy groups -OCH3 is 2. The highest BCUT2D eigenvalue weighted by molar-refractivity contribution is 5.96. The molecule has 258 valence electrons. The molecule has 0 saturated carbocycles. The minimum atomic E-state index is -0.522. The molecule has 5 heterocycles. The second-order valence-corrected chi connectivity index (χ2v) is 13.1. The average molecular weight is 693 g/mol. The summed E-state index contributed by atoms with van der Waals surface area (Å²) in [4.78, 5) is 13.0. The summed E-state index contributed by atoms with van der Waals surface area (Å²) in [5.74, 6) is 0. The van der Waals surface area contributed by atoms with Crippen molar-refractivity contribution in [2.45, 2.75) is 12.2 Å². The molecular formula is C46H36N4O3. The number of nitrogens with zero attached hydrogens (tertiary/aromatic N) is 2. The average Bonchev–Trinajstić information content (AvgIpc) is 4.03. The lowest BCUT2D eigenvalue weighted by molar-refractivity contribution is -0.605. The molecule has 4 aromatic carbocycles. The SMILES string of the molecule is CO[C@@H]1c2nc(c(-c3ccccc3)c3ccc([nH]3)c(-c3ccccc3)c3[n+]([O-])c(c(-c4ccccc4)c4ccc([nH]4)c2-c2ccccc2)C=C3)[C@@H]1OC. The molecule has 0 unspecified atom stereocenters. The molecule has 0 spiro atoms. The van der Waals surface area contributed by atoms with Crippen molar-refractivity contribution in [3.05, 3.63) is 174 Å². The van der Waals surface area contributed by atoms with Crippen molar-refractivity contribution in [3.63, 3.8) is 0 Å². The Morgan fingerprint density at radius 3 is 1.08 bits per heavy atom. The van der Waals surface area contributed by atoms with Crippen molar-refractivity contribution >= 4 is 34.2 Å². The molecule has 2 aliphatic heterocycles. The normalized spacial score (nSPS) is 15.1. The van der Waals surface area contributed by atoms with Gasteiger partial charge >= 0.3 is 0 Å². The van der Waals surface area contributed by atoms with Crippen molar-refractivity contribution in [1.29, 1.82) is 0 Å². The maximum atomic E-state index is 14.8. The van der Waals surface area contributed by atoms with E-state index in [9.17, 15) is 5.21 Å². The number of H-pyrrole nitrogens is 2. The van der Waals surface area contributed by atoms with E-state index in [1.165, 1.54) is 0 Å². The van der Waals surface area contributed by atoms with Crippen LogP contribution in [0.4, 0.5) is 0 Å². The standard InChI is InChI=1S/C46H36N4O3/c1-52-45-43-41(31-19-11-5-12-20-31)35-25-23-33(47-35)39(29-15-7-3-8-16-29)37-27-28-38(50(37)51)40(30-17-9-4-10-18-30)34-24-26-36(48-34)42(32-21-13-6-14-22-32)44(49-43)46(45)53-2/h3-28,45-48H,1-2H3/t45-,46+. The largest absolute Gasteiger partial charge is 0.618 e. The molecule has 0 radical (unpaired) electrons. The van der Waals surface area contributed by atoms with Gasteiger partial charge < -0.3 is 24.6 Å². The fraction of sp³-hybridized carbons (Fsp3) is 0.0870. The molecule has 2 aliphatic rings. The van der Waals surface area contributed by atoms with Crippen LogP contribution < -0.4 is 4.73 Å². The van der Waals surface area contributed by atoms with Crippen LogP contribution >= 0.6 is 0 Å². The highest BCUT2D eigenvalue weighted by Gasteiger charge is 2.37. The van der Waals surface area contributed by atoms with Gasteiger partial charge in [0.25, 0.3) is 0 Å². The van der Waals surface area contributed by atoms with E-state index in [0.29, 0.717) is 11.4 Å². The number of nitrogens with one attached hydrogen (secondary N) is 2. The van der Waals surface area contributed by atoms with Crippen LogP contribution in [0.1, 0.15) is 35.0 Å². The maximum absolute atomic E-state index is 14.8. The molecule has 2 atom stereocenters. The Bertz CT molecular complexity index is 2470. The second kappa shape index (κ2) is 13.5. The Balaban J connectivity index is 1.54. The fourth-order valence-electron chi connectivity index (χ4n) is 7.76. The van der Waals surface area contributed by atoms with Crippen LogP contribution in [0.15, 0.2) is 146 Å². The van der Waals surface area contributed by atoms with E-state index in [1.54, 1.807) is 14.2 Å². The van der Waals surface area contributed by atoms with Gasteiger partial charge in [0.2, 0.25) is 11.4 Å². The molecule has 9 rings (SSSR count). The predicted octanol–water partition coefficient (Wildman–Crippen LogP) is 10.5. The van der Waals surface area contributed by atoms with Crippen LogP contribution in [-0.4, -0.2) is 29.2 Å². The molecule has 3 aromatic heterocycles. The number of aromatic nitrogens is 4. The van der Waals surface area contributed by atoms with Gasteiger partial charge in [-0.3, -0.25) is 4.98 Å². The molecular weight excluding hydrogens is 657 g/mol. The summed E-state index contributed by atoms with van der Waals surface area (Å²) in [6.45, 7) is 0. The Morgan fingerprint density at radius 2 is 0.755 bits per heavy atom. The molecule has 0 saturated heterocycles. The summed E-state index contributed by atoms with van der Waals surface area (Å²) in [7, 11) is 3.41. The molecule has 0 fully saturated rings. The van der Waals surface area contributed by atoms with Gasteiger partial charge in [0.15, 0.2) is 0 Å². The number of ether oxygens (including phenoxy) is 2. The van der Waals surface area contributed by atoms with Gasteiger partial charge in [-0.2, -0.15) is 4.73 Å². The summed E-state index contributed by atoms with van der Waals surface area (Å²) in [5, 5.41) is 14.8. The fourth-order valence-corrected chi connectivity index (χ4v) is 7.76.